The molecule has 0 fully saturated rings. The number of rotatable bonds is 0. The Kier molecular flexibility index (Phi) is 19.8. The van der Waals surface area contributed by atoms with Gasteiger partial charge in [0.05, 0.1) is 5.78 Å². The number of ketones is 1. The molecular weight excluding hydrogens is 213 g/mol. The van der Waals surface area contributed by atoms with Gasteiger partial charge in [0, 0.05) is 0 Å². The molecule has 0 aromatic carbocycles. The van der Waals surface area contributed by atoms with Crippen LogP contribution in [0.15, 0.2) is 29.5 Å². The second-order valence-electron chi connectivity index (χ2n) is 2.11. The molecule has 0 amide bonds. The molecule has 0 bridgehead atoms. The van der Waals surface area contributed by atoms with Crippen LogP contribution in [0, 0.1) is 6.08 Å². The molecule has 1 aliphatic rings. The van der Waals surface area contributed by atoms with E-state index in [0.29, 0.717) is 11.3 Å². The Bertz CT molecular complexity index is 248. The van der Waals surface area contributed by atoms with Crippen LogP contribution >= 0.6 is 0 Å². The van der Waals surface area contributed by atoms with Crippen molar-refractivity contribution in [3.05, 3.63) is 35.6 Å². The third-order valence-electron chi connectivity index (χ3n) is 1.25. The fourth-order valence-corrected chi connectivity index (χ4v) is 0.741. The Hall–Kier alpha value is 0.326. The van der Waals surface area contributed by atoms with Crippen molar-refractivity contribution in [2.24, 2.45) is 5.73 Å². The summed E-state index contributed by atoms with van der Waals surface area (Å²) in [6.45, 7) is 9.71. The van der Waals surface area contributed by atoms with E-state index in [1.165, 1.54) is 6.08 Å². The van der Waals surface area contributed by atoms with Crippen LogP contribution in [-0.2, 0) is 4.79 Å². The van der Waals surface area contributed by atoms with Crippen LogP contribution in [0.2, 0.25) is 0 Å². The summed E-state index contributed by atoms with van der Waals surface area (Å²) in [6, 6.07) is 0. The van der Waals surface area contributed by atoms with Gasteiger partial charge in [-0.25, -0.2) is 0 Å². The van der Waals surface area contributed by atoms with Crippen LogP contribution in [0.25, 0.3) is 0 Å². The van der Waals surface area contributed by atoms with Crippen molar-refractivity contribution in [3.8, 4) is 0 Å². The predicted octanol–water partition coefficient (Wildman–Crippen LogP) is -0.226. The van der Waals surface area contributed by atoms with Crippen molar-refractivity contribution >= 4 is 5.78 Å². The summed E-state index contributed by atoms with van der Waals surface area (Å²) in [6.07, 6.45) is 7.39. The number of carbonyl (C=O) groups excluding carboxylic acids is 1. The number of hydrogen-bond acceptors (Lipinski definition) is 2. The molecule has 80 valence electrons. The minimum absolute atomic E-state index is 0. The predicted molar refractivity (Wildman–Crippen MR) is 61.5 cm³/mol. The molecule has 0 radical (unpaired) electrons. The van der Waals surface area contributed by atoms with Gasteiger partial charge in [0.1, 0.15) is 0 Å². The monoisotopic (exact) mass is 233 g/mol. The normalized spacial score (nSPS) is 15.1. The van der Waals surface area contributed by atoms with E-state index in [1.54, 1.807) is 19.1 Å². The Balaban J connectivity index is -0.000000258. The molecular formula is C12H20KNO. The molecule has 0 aliphatic heterocycles. The fourth-order valence-electron chi connectivity index (χ4n) is 0.741. The maximum Gasteiger partial charge on any atom is 1.00 e. The average molecular weight is 233 g/mol. The minimum atomic E-state index is -0.0671. The van der Waals surface area contributed by atoms with E-state index in [2.05, 4.69) is 6.08 Å². The van der Waals surface area contributed by atoms with E-state index in [-0.39, 0.29) is 57.2 Å². The second-order valence-corrected chi connectivity index (χ2v) is 2.11. The van der Waals surface area contributed by atoms with Gasteiger partial charge in [-0.1, -0.05) is 33.3 Å². The topological polar surface area (TPSA) is 43.1 Å². The van der Waals surface area contributed by atoms with Crippen LogP contribution < -0.4 is 57.1 Å². The van der Waals surface area contributed by atoms with E-state index in [4.69, 9.17) is 5.73 Å². The quantitative estimate of drug-likeness (QED) is 0.357. The third kappa shape index (κ3) is 9.27. The molecule has 2 nitrogen and oxygen atoms in total. The Morgan fingerprint density at radius 2 is 1.73 bits per heavy atom. The van der Waals surface area contributed by atoms with E-state index >= 15 is 0 Å². The molecule has 1 aliphatic carbocycles. The van der Waals surface area contributed by atoms with Gasteiger partial charge in [0.15, 0.2) is 0 Å². The first-order valence-electron chi connectivity index (χ1n) is 4.98. The van der Waals surface area contributed by atoms with Crippen LogP contribution in [0.5, 0.6) is 0 Å². The summed E-state index contributed by atoms with van der Waals surface area (Å²) in [5, 5.41) is 0. The minimum Gasteiger partial charge on any atom is -0.403 e. The second kappa shape index (κ2) is 14.3. The van der Waals surface area contributed by atoms with Gasteiger partial charge >= 0.3 is 51.4 Å². The van der Waals surface area contributed by atoms with E-state index in [0.717, 1.165) is 0 Å². The summed E-state index contributed by atoms with van der Waals surface area (Å²) in [7, 11) is 0. The number of hydrogen-bond donors (Lipinski definition) is 1. The number of allylic oxidation sites excluding steroid dienone is 6. The molecule has 0 heterocycles. The maximum atomic E-state index is 10.9. The van der Waals surface area contributed by atoms with Crippen molar-refractivity contribution in [1.82, 2.24) is 0 Å². The van der Waals surface area contributed by atoms with Crippen LogP contribution in [0.1, 0.15) is 34.6 Å². The number of carbonyl (C=O) groups is 1. The van der Waals surface area contributed by atoms with Gasteiger partial charge in [0.2, 0.25) is 0 Å². The first kappa shape index (κ1) is 20.7. The van der Waals surface area contributed by atoms with Gasteiger partial charge in [-0.3, -0.25) is 0 Å². The molecule has 0 atom stereocenters. The van der Waals surface area contributed by atoms with Gasteiger partial charge in [-0.15, -0.1) is 6.08 Å². The van der Waals surface area contributed by atoms with Crippen LogP contribution in [0.3, 0.4) is 0 Å². The third-order valence-corrected chi connectivity index (χ3v) is 1.25. The van der Waals surface area contributed by atoms with Crippen LogP contribution in [-0.4, -0.2) is 5.78 Å². The summed E-state index contributed by atoms with van der Waals surface area (Å²) >= 11 is 0. The number of nitrogens with two attached hydrogens (primary N) is 1. The zero-order valence-electron chi connectivity index (χ0n) is 10.7. The maximum absolute atomic E-state index is 10.9. The SMILES string of the molecule is C/C(N)=C1\C=C[C-]=CC1=O.CC.CC.[K+]. The van der Waals surface area contributed by atoms with Gasteiger partial charge in [-0.05, 0) is 12.6 Å². The Labute approximate surface area is 136 Å². The molecule has 1 rings (SSSR count). The smallest absolute Gasteiger partial charge is 0.403 e. The zero-order chi connectivity index (χ0) is 11.6. The van der Waals surface area contributed by atoms with E-state index in [9.17, 15) is 4.79 Å². The molecule has 0 spiro atoms. The largest absolute Gasteiger partial charge is 1.00 e. The molecule has 0 aromatic rings. The molecule has 0 unspecified atom stereocenters. The standard InChI is InChI=1S/C8H8NO.2C2H6.K/c1-6(9)7-4-2-3-5-8(7)10;2*1-2;/h2,4-5H,9H2,1H3;2*1-2H3;/q-1;;;+1/b7-6-;;;. The van der Waals surface area contributed by atoms with E-state index < -0.39 is 0 Å². The molecule has 0 aromatic heterocycles. The Morgan fingerprint density at radius 3 is 2.00 bits per heavy atom. The van der Waals surface area contributed by atoms with Gasteiger partial charge in [0.25, 0.3) is 0 Å². The van der Waals surface area contributed by atoms with E-state index in [1.807, 2.05) is 27.7 Å². The molecule has 0 saturated heterocycles. The summed E-state index contributed by atoms with van der Waals surface area (Å²) in [4.78, 5) is 10.9. The summed E-state index contributed by atoms with van der Waals surface area (Å²) in [5.74, 6) is -0.0671. The van der Waals surface area contributed by atoms with Gasteiger partial charge in [-0.2, -0.15) is 18.2 Å². The molecule has 15 heavy (non-hydrogen) atoms. The molecule has 3 heteroatoms. The first-order chi connectivity index (χ1) is 6.72. The van der Waals surface area contributed by atoms with Crippen molar-refractivity contribution in [3.63, 3.8) is 0 Å². The Morgan fingerprint density at radius 1 is 1.27 bits per heavy atom. The average Bonchev–Trinajstić information content (AvgIpc) is 2.24. The van der Waals surface area contributed by atoms with Crippen LogP contribution in [0.4, 0.5) is 0 Å². The van der Waals surface area contributed by atoms with Gasteiger partial charge < -0.3 is 10.5 Å². The summed E-state index contributed by atoms with van der Waals surface area (Å²) < 4.78 is 0. The zero-order valence-corrected chi connectivity index (χ0v) is 13.8. The van der Waals surface area contributed by atoms with Crippen molar-refractivity contribution in [1.29, 1.82) is 0 Å². The van der Waals surface area contributed by atoms with Crippen molar-refractivity contribution in [2.75, 3.05) is 0 Å². The summed E-state index contributed by atoms with van der Waals surface area (Å²) in [5.41, 5.74) is 6.54. The fraction of sp³-hybridized carbons (Fsp3) is 0.417. The first-order valence-corrected chi connectivity index (χ1v) is 4.98. The molecule has 0 saturated carbocycles. The van der Waals surface area contributed by atoms with Crippen molar-refractivity contribution in [2.45, 2.75) is 34.6 Å². The van der Waals surface area contributed by atoms with Crippen molar-refractivity contribution < 1.29 is 56.2 Å². The molecule has 2 N–H and O–H groups in total.